The number of nitrogens with one attached hydrogen (secondary N) is 1. The van der Waals surface area contributed by atoms with Gasteiger partial charge in [0.05, 0.1) is 17.7 Å². The first-order valence-corrected chi connectivity index (χ1v) is 6.02. The summed E-state index contributed by atoms with van der Waals surface area (Å²) in [5.41, 5.74) is 1.89. The second kappa shape index (κ2) is 5.31. The van der Waals surface area contributed by atoms with Crippen LogP contribution in [0.1, 0.15) is 36.9 Å². The third kappa shape index (κ3) is 2.85. The van der Waals surface area contributed by atoms with Crippen molar-refractivity contribution in [1.29, 1.82) is 5.26 Å². The van der Waals surface area contributed by atoms with E-state index in [2.05, 4.69) is 24.4 Å². The van der Waals surface area contributed by atoms with Crippen molar-refractivity contribution >= 4 is 0 Å². The Labute approximate surface area is 102 Å². The largest absolute Gasteiger partial charge is 0.381 e. The van der Waals surface area contributed by atoms with Crippen molar-refractivity contribution in [2.45, 2.75) is 38.0 Å². The van der Waals surface area contributed by atoms with Gasteiger partial charge >= 0.3 is 0 Å². The number of nitriles is 1. The van der Waals surface area contributed by atoms with Gasteiger partial charge in [-0.2, -0.15) is 5.26 Å². The molecule has 1 aromatic carbocycles. The van der Waals surface area contributed by atoms with Crippen LogP contribution in [0.25, 0.3) is 0 Å². The summed E-state index contributed by atoms with van der Waals surface area (Å²) in [6.45, 7) is 2.14. The van der Waals surface area contributed by atoms with E-state index in [1.807, 2.05) is 18.2 Å². The Hall–Kier alpha value is -1.37. The molecular formula is C14H18N2O. The molecule has 0 heterocycles. The van der Waals surface area contributed by atoms with Crippen molar-refractivity contribution in [3.8, 4) is 6.07 Å². The van der Waals surface area contributed by atoms with Crippen molar-refractivity contribution in [1.82, 2.24) is 5.32 Å². The van der Waals surface area contributed by atoms with E-state index in [0.717, 1.165) is 18.4 Å². The number of ether oxygens (including phenoxy) is 1. The van der Waals surface area contributed by atoms with Gasteiger partial charge in [0.1, 0.15) is 0 Å². The fraction of sp³-hybridized carbons (Fsp3) is 0.500. The van der Waals surface area contributed by atoms with Gasteiger partial charge in [-0.1, -0.05) is 12.1 Å². The summed E-state index contributed by atoms with van der Waals surface area (Å²) in [6, 6.07) is 10.8. The first-order valence-electron chi connectivity index (χ1n) is 6.02. The zero-order valence-corrected chi connectivity index (χ0v) is 10.3. The maximum atomic E-state index is 8.86. The summed E-state index contributed by atoms with van der Waals surface area (Å²) >= 11 is 0. The second-order valence-corrected chi connectivity index (χ2v) is 4.65. The van der Waals surface area contributed by atoms with Crippen molar-refractivity contribution in [3.63, 3.8) is 0 Å². The van der Waals surface area contributed by atoms with E-state index in [-0.39, 0.29) is 6.04 Å². The van der Waals surface area contributed by atoms with Gasteiger partial charge in [-0.3, -0.25) is 0 Å². The van der Waals surface area contributed by atoms with Gasteiger partial charge in [0.2, 0.25) is 0 Å². The lowest BCUT2D eigenvalue weighted by atomic mass is 9.88. The number of hydrogen-bond acceptors (Lipinski definition) is 3. The Morgan fingerprint density at radius 2 is 2.24 bits per heavy atom. The summed E-state index contributed by atoms with van der Waals surface area (Å²) < 4.78 is 5.26. The van der Waals surface area contributed by atoms with E-state index in [4.69, 9.17) is 10.00 Å². The maximum Gasteiger partial charge on any atom is 0.0991 e. The molecule has 3 nitrogen and oxygen atoms in total. The molecule has 1 saturated carbocycles. The molecule has 2 rings (SSSR count). The maximum absolute atomic E-state index is 8.86. The standard InChI is InChI=1S/C14H18N2O/c1-10(16-13-7-14(8-13)17-2)12-5-3-4-11(6-12)9-15/h3-6,10,13-14,16H,7-8H2,1-2H3. The van der Waals surface area contributed by atoms with Crippen LogP contribution < -0.4 is 5.32 Å². The molecule has 0 spiro atoms. The molecule has 1 aliphatic rings. The lowest BCUT2D eigenvalue weighted by Gasteiger charge is -2.36. The molecule has 0 aliphatic heterocycles. The zero-order valence-electron chi connectivity index (χ0n) is 10.3. The minimum absolute atomic E-state index is 0.283. The third-order valence-corrected chi connectivity index (χ3v) is 3.43. The lowest BCUT2D eigenvalue weighted by Crippen LogP contribution is -2.45. The summed E-state index contributed by atoms with van der Waals surface area (Å²) in [4.78, 5) is 0. The van der Waals surface area contributed by atoms with Crippen LogP contribution in [0.3, 0.4) is 0 Å². The number of rotatable bonds is 4. The zero-order chi connectivity index (χ0) is 12.3. The van der Waals surface area contributed by atoms with Crippen LogP contribution in [0.5, 0.6) is 0 Å². The van der Waals surface area contributed by atoms with Gasteiger partial charge in [0, 0.05) is 19.2 Å². The van der Waals surface area contributed by atoms with Crippen LogP contribution >= 0.6 is 0 Å². The summed E-state index contributed by atoms with van der Waals surface area (Å²) in [7, 11) is 1.76. The van der Waals surface area contributed by atoms with E-state index in [0.29, 0.717) is 12.1 Å². The normalized spacial score (nSPS) is 24.8. The van der Waals surface area contributed by atoms with Gasteiger partial charge in [-0.25, -0.2) is 0 Å². The predicted octanol–water partition coefficient (Wildman–Crippen LogP) is 2.39. The van der Waals surface area contributed by atoms with E-state index in [1.165, 1.54) is 5.56 Å². The highest BCUT2D eigenvalue weighted by molar-refractivity contribution is 5.34. The van der Waals surface area contributed by atoms with Gasteiger partial charge in [-0.05, 0) is 37.5 Å². The molecule has 0 bridgehead atoms. The van der Waals surface area contributed by atoms with E-state index in [1.54, 1.807) is 7.11 Å². The smallest absolute Gasteiger partial charge is 0.0991 e. The fourth-order valence-corrected chi connectivity index (χ4v) is 2.22. The summed E-state index contributed by atoms with van der Waals surface area (Å²) in [5.74, 6) is 0. The monoisotopic (exact) mass is 230 g/mol. The van der Waals surface area contributed by atoms with Gasteiger partial charge in [-0.15, -0.1) is 0 Å². The van der Waals surface area contributed by atoms with E-state index in [9.17, 15) is 0 Å². The average Bonchev–Trinajstić information content (AvgIpc) is 2.33. The van der Waals surface area contributed by atoms with E-state index < -0.39 is 0 Å². The molecule has 1 aromatic rings. The van der Waals surface area contributed by atoms with Crippen LogP contribution in [-0.2, 0) is 4.74 Å². The highest BCUT2D eigenvalue weighted by Crippen LogP contribution is 2.25. The van der Waals surface area contributed by atoms with Gasteiger partial charge in [0.25, 0.3) is 0 Å². The van der Waals surface area contributed by atoms with Crippen LogP contribution in [0.15, 0.2) is 24.3 Å². The molecule has 3 heteroatoms. The Morgan fingerprint density at radius 3 is 2.88 bits per heavy atom. The third-order valence-electron chi connectivity index (χ3n) is 3.43. The Balaban J connectivity index is 1.91. The van der Waals surface area contributed by atoms with Crippen LogP contribution in [0, 0.1) is 11.3 Å². The van der Waals surface area contributed by atoms with E-state index >= 15 is 0 Å². The molecule has 1 atom stereocenters. The van der Waals surface area contributed by atoms with Crippen LogP contribution in [-0.4, -0.2) is 19.3 Å². The second-order valence-electron chi connectivity index (χ2n) is 4.65. The number of methoxy groups -OCH3 is 1. The number of nitrogens with zero attached hydrogens (tertiary/aromatic N) is 1. The van der Waals surface area contributed by atoms with Crippen molar-refractivity contribution in [2.75, 3.05) is 7.11 Å². The Kier molecular flexibility index (Phi) is 3.78. The summed E-state index contributed by atoms with van der Waals surface area (Å²) in [5, 5.41) is 12.4. The topological polar surface area (TPSA) is 45.0 Å². The van der Waals surface area contributed by atoms with Crippen LogP contribution in [0.4, 0.5) is 0 Å². The molecule has 0 saturated heterocycles. The summed E-state index contributed by atoms with van der Waals surface area (Å²) in [6.07, 6.45) is 2.59. The van der Waals surface area contributed by atoms with Gasteiger partial charge < -0.3 is 10.1 Å². The average molecular weight is 230 g/mol. The predicted molar refractivity (Wildman–Crippen MR) is 66.5 cm³/mol. The minimum atomic E-state index is 0.283. The molecule has 1 aliphatic carbocycles. The highest BCUT2D eigenvalue weighted by Gasteiger charge is 2.29. The molecule has 0 radical (unpaired) electrons. The minimum Gasteiger partial charge on any atom is -0.381 e. The van der Waals surface area contributed by atoms with Crippen molar-refractivity contribution in [2.24, 2.45) is 0 Å². The quantitative estimate of drug-likeness (QED) is 0.863. The van der Waals surface area contributed by atoms with Gasteiger partial charge in [0.15, 0.2) is 0 Å². The van der Waals surface area contributed by atoms with Crippen LogP contribution in [0.2, 0.25) is 0 Å². The molecular weight excluding hydrogens is 212 g/mol. The molecule has 17 heavy (non-hydrogen) atoms. The molecule has 1 fully saturated rings. The number of benzene rings is 1. The highest BCUT2D eigenvalue weighted by atomic mass is 16.5. The molecule has 90 valence electrons. The Morgan fingerprint density at radius 1 is 1.47 bits per heavy atom. The molecule has 1 unspecified atom stereocenters. The SMILES string of the molecule is COC1CC(NC(C)c2cccc(C#N)c2)C1. The first kappa shape index (κ1) is 12.1. The molecule has 1 N–H and O–H groups in total. The van der Waals surface area contributed by atoms with Crippen molar-refractivity contribution < 1.29 is 4.74 Å². The Bertz CT molecular complexity index is 418. The number of hydrogen-bond donors (Lipinski definition) is 1. The molecule has 0 aromatic heterocycles. The first-order chi connectivity index (χ1) is 8.22. The van der Waals surface area contributed by atoms with Crippen molar-refractivity contribution in [3.05, 3.63) is 35.4 Å². The molecule has 0 amide bonds. The fourth-order valence-electron chi connectivity index (χ4n) is 2.22. The lowest BCUT2D eigenvalue weighted by molar-refractivity contribution is 0.0147.